The van der Waals surface area contributed by atoms with E-state index >= 15 is 0 Å². The maximum Gasteiger partial charge on any atom is 0.253 e. The highest BCUT2D eigenvalue weighted by Gasteiger charge is 2.09. The van der Waals surface area contributed by atoms with Gasteiger partial charge in [0.15, 0.2) is 0 Å². The third-order valence-electron chi connectivity index (χ3n) is 3.63. The minimum absolute atomic E-state index is 0.0512. The molecule has 26 heavy (non-hydrogen) atoms. The second-order valence-electron chi connectivity index (χ2n) is 5.84. The molecule has 0 spiro atoms. The summed E-state index contributed by atoms with van der Waals surface area (Å²) < 4.78 is 0. The van der Waals surface area contributed by atoms with Crippen LogP contribution in [0.2, 0.25) is 0 Å². The van der Waals surface area contributed by atoms with E-state index in [0.29, 0.717) is 22.5 Å². The molecule has 0 aromatic heterocycles. The van der Waals surface area contributed by atoms with Crippen LogP contribution < -0.4 is 16.0 Å². The summed E-state index contributed by atoms with van der Waals surface area (Å²) in [5, 5.41) is 8.28. The molecule has 0 aliphatic carbocycles. The Morgan fingerprint density at radius 3 is 2.23 bits per heavy atom. The van der Waals surface area contributed by atoms with Crippen molar-refractivity contribution in [2.75, 3.05) is 38.3 Å². The number of benzene rings is 2. The monoisotopic (exact) mass is 354 g/mol. The first-order chi connectivity index (χ1) is 12.4. The van der Waals surface area contributed by atoms with Crippen LogP contribution in [0.1, 0.15) is 20.7 Å². The molecule has 0 aliphatic heterocycles. The van der Waals surface area contributed by atoms with Crippen molar-refractivity contribution in [2.45, 2.75) is 0 Å². The van der Waals surface area contributed by atoms with Gasteiger partial charge in [0.2, 0.25) is 5.91 Å². The number of hydrogen-bond acceptors (Lipinski definition) is 4. The fraction of sp³-hybridized carbons (Fsp3) is 0.211. The van der Waals surface area contributed by atoms with Crippen LogP contribution in [0.5, 0.6) is 0 Å². The Morgan fingerprint density at radius 1 is 0.923 bits per heavy atom. The van der Waals surface area contributed by atoms with Gasteiger partial charge in [-0.1, -0.05) is 6.07 Å². The molecule has 3 amide bonds. The van der Waals surface area contributed by atoms with Gasteiger partial charge in [-0.15, -0.1) is 0 Å². The molecule has 0 aliphatic rings. The largest absolute Gasteiger partial charge is 0.376 e. The average Bonchev–Trinajstić information content (AvgIpc) is 2.66. The van der Waals surface area contributed by atoms with Crippen LogP contribution in [0, 0.1) is 0 Å². The molecule has 0 heterocycles. The molecule has 0 radical (unpaired) electrons. The molecule has 0 fully saturated rings. The van der Waals surface area contributed by atoms with Crippen molar-refractivity contribution < 1.29 is 14.4 Å². The molecular formula is C19H22N4O3. The summed E-state index contributed by atoms with van der Waals surface area (Å²) in [5.74, 6) is -0.520. The first kappa shape index (κ1) is 19.0. The van der Waals surface area contributed by atoms with Gasteiger partial charge in [0.1, 0.15) is 0 Å². The minimum Gasteiger partial charge on any atom is -0.376 e. The summed E-state index contributed by atoms with van der Waals surface area (Å²) in [6, 6.07) is 13.6. The lowest BCUT2D eigenvalue weighted by Crippen LogP contribution is -2.23. The molecule has 0 saturated heterocycles. The summed E-state index contributed by atoms with van der Waals surface area (Å²) in [5.41, 5.74) is 2.34. The highest BCUT2D eigenvalue weighted by Crippen LogP contribution is 2.12. The topological polar surface area (TPSA) is 90.5 Å². The van der Waals surface area contributed by atoms with Gasteiger partial charge in [-0.05, 0) is 42.5 Å². The van der Waals surface area contributed by atoms with Crippen molar-refractivity contribution in [3.05, 3.63) is 59.7 Å². The van der Waals surface area contributed by atoms with Crippen LogP contribution in [0.15, 0.2) is 48.5 Å². The third-order valence-corrected chi connectivity index (χ3v) is 3.63. The highest BCUT2D eigenvalue weighted by atomic mass is 16.2. The Morgan fingerprint density at radius 2 is 1.62 bits per heavy atom. The Kier molecular flexibility index (Phi) is 6.32. The molecular weight excluding hydrogens is 332 g/mol. The summed E-state index contributed by atoms with van der Waals surface area (Å²) in [7, 11) is 4.93. The maximum atomic E-state index is 12.1. The van der Waals surface area contributed by atoms with E-state index in [9.17, 15) is 14.4 Å². The molecule has 7 heteroatoms. The van der Waals surface area contributed by atoms with Gasteiger partial charge in [0.05, 0.1) is 6.54 Å². The molecule has 2 aromatic carbocycles. The number of hydrogen-bond donors (Lipinski definition) is 3. The Hall–Kier alpha value is -3.35. The quantitative estimate of drug-likeness (QED) is 0.738. The van der Waals surface area contributed by atoms with E-state index in [4.69, 9.17) is 0 Å². The number of anilines is 2. The minimum atomic E-state index is -0.234. The first-order valence-corrected chi connectivity index (χ1v) is 8.08. The molecule has 136 valence electrons. The molecule has 7 nitrogen and oxygen atoms in total. The number of nitrogens with one attached hydrogen (secondary N) is 3. The fourth-order valence-electron chi connectivity index (χ4n) is 2.26. The van der Waals surface area contributed by atoms with E-state index in [-0.39, 0.29) is 24.3 Å². The number of nitrogens with zero attached hydrogens (tertiary/aromatic N) is 1. The molecule has 0 saturated carbocycles. The van der Waals surface area contributed by atoms with Crippen molar-refractivity contribution >= 4 is 29.1 Å². The molecule has 0 unspecified atom stereocenters. The lowest BCUT2D eigenvalue weighted by molar-refractivity contribution is -0.114. The van der Waals surface area contributed by atoms with E-state index in [0.717, 1.165) is 0 Å². The average molecular weight is 354 g/mol. The number of carbonyl (C=O) groups excluding carboxylic acids is 3. The van der Waals surface area contributed by atoms with E-state index in [2.05, 4.69) is 16.0 Å². The highest BCUT2D eigenvalue weighted by molar-refractivity contribution is 5.97. The van der Waals surface area contributed by atoms with Gasteiger partial charge in [0.25, 0.3) is 11.8 Å². The van der Waals surface area contributed by atoms with Gasteiger partial charge >= 0.3 is 0 Å². The first-order valence-electron chi connectivity index (χ1n) is 8.08. The zero-order valence-electron chi connectivity index (χ0n) is 15.0. The molecule has 2 aromatic rings. The van der Waals surface area contributed by atoms with E-state index in [1.807, 2.05) is 0 Å². The smallest absolute Gasteiger partial charge is 0.253 e. The Balaban J connectivity index is 1.91. The van der Waals surface area contributed by atoms with Crippen LogP contribution >= 0.6 is 0 Å². The van der Waals surface area contributed by atoms with E-state index < -0.39 is 0 Å². The van der Waals surface area contributed by atoms with Crippen LogP contribution in [-0.4, -0.2) is 50.3 Å². The third kappa shape index (κ3) is 5.07. The van der Waals surface area contributed by atoms with Gasteiger partial charge in [-0.2, -0.15) is 0 Å². The van der Waals surface area contributed by atoms with Crippen LogP contribution in [0.3, 0.4) is 0 Å². The van der Waals surface area contributed by atoms with Crippen molar-refractivity contribution in [1.29, 1.82) is 0 Å². The van der Waals surface area contributed by atoms with Crippen molar-refractivity contribution in [3.63, 3.8) is 0 Å². The van der Waals surface area contributed by atoms with Gasteiger partial charge < -0.3 is 20.9 Å². The lowest BCUT2D eigenvalue weighted by Gasteiger charge is -2.11. The number of carbonyl (C=O) groups is 3. The van der Waals surface area contributed by atoms with E-state index in [1.165, 1.54) is 4.90 Å². The number of rotatable bonds is 6. The molecule has 3 N–H and O–H groups in total. The fourth-order valence-corrected chi connectivity index (χ4v) is 2.26. The standard InChI is InChI=1S/C19H22N4O3/c1-20-18(25)14-5-4-6-16(11-14)21-12-17(24)22-15-9-7-13(8-10-15)19(26)23(2)3/h4-11,21H,12H2,1-3H3,(H,20,25)(H,22,24). The summed E-state index contributed by atoms with van der Waals surface area (Å²) in [6.45, 7) is 0.0512. The predicted molar refractivity (Wildman–Crippen MR) is 101 cm³/mol. The van der Waals surface area contributed by atoms with Crippen molar-refractivity contribution in [1.82, 2.24) is 10.2 Å². The molecule has 0 bridgehead atoms. The zero-order valence-corrected chi connectivity index (χ0v) is 15.0. The predicted octanol–water partition coefficient (Wildman–Crippen LogP) is 1.80. The lowest BCUT2D eigenvalue weighted by atomic mass is 10.2. The zero-order chi connectivity index (χ0) is 19.1. The van der Waals surface area contributed by atoms with E-state index in [1.54, 1.807) is 69.7 Å². The molecule has 2 rings (SSSR count). The van der Waals surface area contributed by atoms with Crippen LogP contribution in [0.25, 0.3) is 0 Å². The SMILES string of the molecule is CNC(=O)c1cccc(NCC(=O)Nc2ccc(C(=O)N(C)C)cc2)c1. The summed E-state index contributed by atoms with van der Waals surface area (Å²) in [6.07, 6.45) is 0. The van der Waals surface area contributed by atoms with Gasteiger partial charge in [-0.25, -0.2) is 0 Å². The van der Waals surface area contributed by atoms with Crippen LogP contribution in [0.4, 0.5) is 11.4 Å². The Bertz CT molecular complexity index is 801. The molecule has 0 atom stereocenters. The van der Waals surface area contributed by atoms with Crippen LogP contribution in [-0.2, 0) is 4.79 Å². The van der Waals surface area contributed by atoms with Crippen molar-refractivity contribution in [3.8, 4) is 0 Å². The normalized spacial score (nSPS) is 9.96. The van der Waals surface area contributed by atoms with Crippen molar-refractivity contribution in [2.24, 2.45) is 0 Å². The number of amides is 3. The van der Waals surface area contributed by atoms with Gasteiger partial charge in [0, 0.05) is 43.6 Å². The maximum absolute atomic E-state index is 12.1. The Labute approximate surface area is 152 Å². The summed E-state index contributed by atoms with van der Waals surface area (Å²) in [4.78, 5) is 37.0. The van der Waals surface area contributed by atoms with Gasteiger partial charge in [-0.3, -0.25) is 14.4 Å². The summed E-state index contributed by atoms with van der Waals surface area (Å²) >= 11 is 0. The second-order valence-corrected chi connectivity index (χ2v) is 5.84. The second kappa shape index (κ2) is 8.66.